The number of carbonyl (C=O) groups excluding carboxylic acids is 1. The second kappa shape index (κ2) is 9.73. The Kier molecular flexibility index (Phi) is 12.8. The molecule has 0 spiro atoms. The van der Waals surface area contributed by atoms with Gasteiger partial charge < -0.3 is 34.6 Å². The fourth-order valence-electron chi connectivity index (χ4n) is 0.728. The number of halogens is 1. The van der Waals surface area contributed by atoms with Gasteiger partial charge >= 0.3 is 0 Å². The summed E-state index contributed by atoms with van der Waals surface area (Å²) in [5, 5.41) is 9.97. The van der Waals surface area contributed by atoms with Crippen molar-refractivity contribution in [1.29, 1.82) is 0 Å². The lowest BCUT2D eigenvalue weighted by atomic mass is 10.2. The van der Waals surface area contributed by atoms with Crippen LogP contribution in [0.3, 0.4) is 0 Å². The van der Waals surface area contributed by atoms with Crippen molar-refractivity contribution in [2.75, 3.05) is 0 Å². The molecule has 0 unspecified atom stereocenters. The molecule has 0 amide bonds. The molecule has 0 aliphatic heterocycles. The van der Waals surface area contributed by atoms with Crippen molar-refractivity contribution in [3.05, 3.63) is 42.0 Å². The molecule has 0 aliphatic rings. The lowest BCUT2D eigenvalue weighted by Crippen LogP contribution is -3.00. The summed E-state index contributed by atoms with van der Waals surface area (Å²) in [6.07, 6.45) is 2.50. The number of quaternary nitrogens is 2. The summed E-state index contributed by atoms with van der Waals surface area (Å²) in [7, 11) is 0. The zero-order valence-electron chi connectivity index (χ0n) is 8.24. The molecule has 14 heavy (non-hydrogen) atoms. The van der Waals surface area contributed by atoms with E-state index in [1.807, 2.05) is 30.3 Å². The normalized spacial score (nSPS) is 8.00. The number of hydrogen-bond donors (Lipinski definition) is 2. The summed E-state index contributed by atoms with van der Waals surface area (Å²) < 4.78 is 0. The number of aliphatic carboxylic acids is 1. The van der Waals surface area contributed by atoms with Crippen molar-refractivity contribution in [2.24, 2.45) is 0 Å². The van der Waals surface area contributed by atoms with E-state index in [4.69, 9.17) is 0 Å². The average molecular weight is 219 g/mol. The highest BCUT2D eigenvalue weighted by Crippen LogP contribution is 1.99. The number of carbonyl (C=O) groups is 1. The fraction of sp³-hybridized carbons (Fsp3) is 0. The Bertz CT molecular complexity index is 275. The molecule has 5 heteroatoms. The van der Waals surface area contributed by atoms with E-state index in [9.17, 15) is 9.90 Å². The van der Waals surface area contributed by atoms with Crippen molar-refractivity contribution < 1.29 is 22.3 Å². The second-order valence-corrected chi connectivity index (χ2v) is 2.06. The summed E-state index contributed by atoms with van der Waals surface area (Å²) in [4.78, 5) is 9.97. The number of rotatable bonds is 2. The summed E-state index contributed by atoms with van der Waals surface area (Å²) in [5.74, 6) is -1.17. The second-order valence-electron chi connectivity index (χ2n) is 2.06. The first kappa shape index (κ1) is 18.4. The van der Waals surface area contributed by atoms with Crippen molar-refractivity contribution in [3.8, 4) is 0 Å². The van der Waals surface area contributed by atoms with Crippen molar-refractivity contribution in [3.63, 3.8) is 0 Å². The standard InChI is InChI=1S/C9H8O2.ClH.2H3N/c10-9(11)7-6-8-4-2-1-3-5-8;;;/h1-7H,(H,10,11);1H;2*1H3. The van der Waals surface area contributed by atoms with Gasteiger partial charge in [0.25, 0.3) is 0 Å². The molecule has 1 aromatic carbocycles. The molecule has 0 bridgehead atoms. The van der Waals surface area contributed by atoms with Crippen LogP contribution in [0.2, 0.25) is 0 Å². The molecule has 0 saturated carbocycles. The molecule has 0 aliphatic carbocycles. The maximum atomic E-state index is 9.97. The van der Waals surface area contributed by atoms with Gasteiger partial charge in [-0.25, -0.2) is 0 Å². The molecule has 0 heterocycles. The molecular formula is C9H15ClN2O2. The van der Waals surface area contributed by atoms with E-state index >= 15 is 0 Å². The lowest BCUT2D eigenvalue weighted by molar-refractivity contribution is -0.297. The number of carboxylic acid groups (broad SMARTS) is 1. The minimum atomic E-state index is -1.17. The Morgan fingerprint density at radius 2 is 1.64 bits per heavy atom. The average Bonchev–Trinajstić information content (AvgIpc) is 2.03. The minimum Gasteiger partial charge on any atom is -1.00 e. The first-order valence-electron chi connectivity index (χ1n) is 3.23. The molecule has 0 aromatic heterocycles. The van der Waals surface area contributed by atoms with Gasteiger partial charge in [0.2, 0.25) is 0 Å². The molecular weight excluding hydrogens is 204 g/mol. The molecule has 1 aromatic rings. The van der Waals surface area contributed by atoms with Gasteiger partial charge in [0, 0.05) is 0 Å². The molecule has 80 valence electrons. The van der Waals surface area contributed by atoms with Gasteiger partial charge in [0.15, 0.2) is 0 Å². The Labute approximate surface area is 89.2 Å². The van der Waals surface area contributed by atoms with Crippen LogP contribution in [-0.4, -0.2) is 5.97 Å². The van der Waals surface area contributed by atoms with Gasteiger partial charge in [-0.1, -0.05) is 36.4 Å². The van der Waals surface area contributed by atoms with Crippen molar-refractivity contribution in [1.82, 2.24) is 12.3 Å². The third kappa shape index (κ3) is 7.30. The zero-order valence-corrected chi connectivity index (χ0v) is 8.99. The van der Waals surface area contributed by atoms with Crippen LogP contribution in [0.1, 0.15) is 5.56 Å². The minimum absolute atomic E-state index is 0. The maximum absolute atomic E-state index is 9.97. The van der Waals surface area contributed by atoms with E-state index in [0.29, 0.717) is 0 Å². The molecule has 0 atom stereocenters. The molecule has 1 rings (SSSR count). The van der Waals surface area contributed by atoms with Gasteiger partial charge in [-0.3, -0.25) is 0 Å². The number of benzene rings is 1. The summed E-state index contributed by atoms with van der Waals surface area (Å²) in [6, 6.07) is 9.19. The molecule has 8 N–H and O–H groups in total. The first-order valence-corrected chi connectivity index (χ1v) is 3.23. The van der Waals surface area contributed by atoms with Crippen LogP contribution in [-0.2, 0) is 4.79 Å². The van der Waals surface area contributed by atoms with Crippen LogP contribution < -0.4 is 29.8 Å². The molecule has 0 saturated heterocycles. The van der Waals surface area contributed by atoms with Gasteiger partial charge in [0.05, 0.1) is 5.97 Å². The Balaban J connectivity index is -0.000000403. The van der Waals surface area contributed by atoms with Crippen LogP contribution in [0, 0.1) is 0 Å². The van der Waals surface area contributed by atoms with Crippen LogP contribution in [0.25, 0.3) is 6.08 Å². The Hall–Kier alpha value is -1.36. The van der Waals surface area contributed by atoms with Gasteiger partial charge in [0.1, 0.15) is 0 Å². The van der Waals surface area contributed by atoms with E-state index in [-0.39, 0.29) is 24.7 Å². The highest BCUT2D eigenvalue weighted by Gasteiger charge is 1.80. The van der Waals surface area contributed by atoms with E-state index in [1.54, 1.807) is 0 Å². The molecule has 0 radical (unpaired) electrons. The third-order valence-electron chi connectivity index (χ3n) is 1.21. The van der Waals surface area contributed by atoms with E-state index in [1.165, 1.54) is 6.08 Å². The number of hydrogen-bond acceptors (Lipinski definition) is 2. The predicted octanol–water partition coefficient (Wildman–Crippen LogP) is -1.79. The fourth-order valence-corrected chi connectivity index (χ4v) is 0.728. The largest absolute Gasteiger partial charge is 1.00 e. The van der Waals surface area contributed by atoms with Crippen LogP contribution in [0.4, 0.5) is 0 Å². The summed E-state index contributed by atoms with van der Waals surface area (Å²) in [5.41, 5.74) is 0.858. The summed E-state index contributed by atoms with van der Waals surface area (Å²) in [6.45, 7) is 0. The molecule has 0 fully saturated rings. The Morgan fingerprint density at radius 3 is 2.07 bits per heavy atom. The summed E-state index contributed by atoms with van der Waals surface area (Å²) >= 11 is 0. The van der Waals surface area contributed by atoms with E-state index in [0.717, 1.165) is 11.6 Å². The monoisotopic (exact) mass is 218 g/mol. The van der Waals surface area contributed by atoms with Gasteiger partial charge in [-0.05, 0) is 11.6 Å². The number of carboxylic acids is 1. The lowest BCUT2D eigenvalue weighted by Gasteiger charge is -1.91. The predicted molar refractivity (Wildman–Crippen MR) is 52.5 cm³/mol. The SMILES string of the molecule is O=C([O-])C=Cc1ccccc1.[Cl-].[NH4+].[NH4+]. The quantitative estimate of drug-likeness (QED) is 0.571. The smallest absolute Gasteiger partial charge is 0.0643 e. The van der Waals surface area contributed by atoms with Gasteiger partial charge in [-0.2, -0.15) is 0 Å². The molecule has 4 nitrogen and oxygen atoms in total. The highest BCUT2D eigenvalue weighted by atomic mass is 35.5. The first-order chi connectivity index (χ1) is 5.29. The third-order valence-corrected chi connectivity index (χ3v) is 1.21. The topological polar surface area (TPSA) is 113 Å². The van der Waals surface area contributed by atoms with Crippen LogP contribution in [0.15, 0.2) is 36.4 Å². The van der Waals surface area contributed by atoms with E-state index < -0.39 is 5.97 Å². The van der Waals surface area contributed by atoms with Crippen molar-refractivity contribution >= 4 is 12.0 Å². The van der Waals surface area contributed by atoms with Crippen LogP contribution >= 0.6 is 0 Å². The van der Waals surface area contributed by atoms with Crippen LogP contribution in [0.5, 0.6) is 0 Å². The zero-order chi connectivity index (χ0) is 8.10. The Morgan fingerprint density at radius 1 is 1.14 bits per heavy atom. The highest BCUT2D eigenvalue weighted by molar-refractivity contribution is 5.83. The van der Waals surface area contributed by atoms with E-state index in [2.05, 4.69) is 0 Å². The van der Waals surface area contributed by atoms with Crippen molar-refractivity contribution in [2.45, 2.75) is 0 Å². The van der Waals surface area contributed by atoms with Gasteiger partial charge in [-0.15, -0.1) is 0 Å². The maximum Gasteiger partial charge on any atom is 0.0643 e.